The highest BCUT2D eigenvalue weighted by Crippen LogP contribution is 2.41. The highest BCUT2D eigenvalue weighted by Gasteiger charge is 2.30. The minimum absolute atomic E-state index is 0.00236. The van der Waals surface area contributed by atoms with Gasteiger partial charge in [0.05, 0.1) is 5.54 Å². The lowest BCUT2D eigenvalue weighted by Crippen LogP contribution is -2.44. The van der Waals surface area contributed by atoms with Gasteiger partial charge in [0, 0.05) is 28.5 Å². The van der Waals surface area contributed by atoms with Crippen molar-refractivity contribution in [3.05, 3.63) is 69.8 Å². The van der Waals surface area contributed by atoms with Crippen molar-refractivity contribution in [3.63, 3.8) is 0 Å². The number of halogens is 1. The molecule has 2 aromatic rings. The van der Waals surface area contributed by atoms with E-state index < -0.39 is 5.91 Å². The molecule has 0 bridgehead atoms. The van der Waals surface area contributed by atoms with Crippen LogP contribution in [0.4, 0.5) is 11.4 Å². The van der Waals surface area contributed by atoms with E-state index in [4.69, 9.17) is 11.6 Å². The summed E-state index contributed by atoms with van der Waals surface area (Å²) in [4.78, 5) is 14.9. The van der Waals surface area contributed by atoms with Gasteiger partial charge < -0.3 is 10.2 Å². The van der Waals surface area contributed by atoms with Gasteiger partial charge in [-0.1, -0.05) is 35.4 Å². The van der Waals surface area contributed by atoms with Crippen LogP contribution in [0.2, 0.25) is 5.02 Å². The van der Waals surface area contributed by atoms with Crippen LogP contribution in [0.15, 0.2) is 48.0 Å². The smallest absolute Gasteiger partial charge is 0.266 e. The van der Waals surface area contributed by atoms with Crippen molar-refractivity contribution in [2.24, 2.45) is 0 Å². The molecule has 30 heavy (non-hydrogen) atoms. The first-order valence-electron chi connectivity index (χ1n) is 9.97. The molecule has 1 amide bonds. The van der Waals surface area contributed by atoms with Gasteiger partial charge in [-0.05, 0) is 76.1 Å². The normalized spacial score (nSPS) is 15.2. The minimum atomic E-state index is -0.460. The number of likely N-dealkylation sites (N-methyl/N-ethyl adjacent to an activating group) is 1. The Morgan fingerprint density at radius 1 is 1.23 bits per heavy atom. The minimum Gasteiger partial charge on any atom is -0.363 e. The molecule has 5 heteroatoms. The van der Waals surface area contributed by atoms with Crippen molar-refractivity contribution < 1.29 is 4.79 Å². The van der Waals surface area contributed by atoms with E-state index in [1.807, 2.05) is 49.4 Å². The number of nitriles is 1. The predicted molar refractivity (Wildman–Crippen MR) is 126 cm³/mol. The van der Waals surface area contributed by atoms with E-state index >= 15 is 0 Å². The van der Waals surface area contributed by atoms with E-state index in [9.17, 15) is 10.1 Å². The number of carbonyl (C=O) groups is 1. The Morgan fingerprint density at radius 3 is 2.50 bits per heavy atom. The number of allylic oxidation sites excluding steroid dienone is 1. The van der Waals surface area contributed by atoms with Gasteiger partial charge in [-0.3, -0.25) is 4.79 Å². The topological polar surface area (TPSA) is 56.1 Å². The monoisotopic (exact) mass is 419 g/mol. The fourth-order valence-electron chi connectivity index (χ4n) is 3.94. The zero-order valence-corrected chi connectivity index (χ0v) is 18.8. The summed E-state index contributed by atoms with van der Waals surface area (Å²) in [5, 5.41) is 12.8. The van der Waals surface area contributed by atoms with Gasteiger partial charge in [-0.25, -0.2) is 0 Å². The molecule has 0 radical (unpaired) electrons. The standard InChI is InChI=1S/C25H26ClN3O/c1-6-29-23-13-22(26)18(12-21(23)17(3)14-25(29,4)5)11-19(15-27)24(30)28-20-9-7-16(2)8-10-20/h7-14H,6H2,1-5H3,(H,28,30)/b19-11+. The summed E-state index contributed by atoms with van der Waals surface area (Å²) in [6.45, 7) is 11.4. The molecule has 1 heterocycles. The molecule has 1 N–H and O–H groups in total. The average Bonchev–Trinajstić information content (AvgIpc) is 2.68. The van der Waals surface area contributed by atoms with E-state index in [-0.39, 0.29) is 11.1 Å². The number of rotatable bonds is 4. The molecule has 0 atom stereocenters. The maximum atomic E-state index is 12.6. The Labute approximate surface area is 183 Å². The number of nitrogens with one attached hydrogen (secondary N) is 1. The number of aryl methyl sites for hydroxylation is 1. The largest absolute Gasteiger partial charge is 0.363 e. The van der Waals surface area contributed by atoms with Crippen molar-refractivity contribution in [2.75, 3.05) is 16.8 Å². The highest BCUT2D eigenvalue weighted by molar-refractivity contribution is 6.32. The molecule has 0 saturated heterocycles. The molecule has 0 unspecified atom stereocenters. The molecule has 4 nitrogen and oxygen atoms in total. The van der Waals surface area contributed by atoms with Gasteiger partial charge in [0.2, 0.25) is 0 Å². The number of benzene rings is 2. The molecule has 2 aromatic carbocycles. The fraction of sp³-hybridized carbons (Fsp3) is 0.280. The summed E-state index contributed by atoms with van der Waals surface area (Å²) in [6, 6.07) is 13.3. The highest BCUT2D eigenvalue weighted by atomic mass is 35.5. The molecule has 1 aliphatic rings. The number of anilines is 2. The molecule has 0 aromatic heterocycles. The summed E-state index contributed by atoms with van der Waals surface area (Å²) in [6.07, 6.45) is 3.78. The molecule has 0 spiro atoms. The number of amides is 1. The maximum absolute atomic E-state index is 12.6. The van der Waals surface area contributed by atoms with Crippen LogP contribution in [0.5, 0.6) is 0 Å². The van der Waals surface area contributed by atoms with Crippen molar-refractivity contribution in [1.29, 1.82) is 5.26 Å². The SMILES string of the molecule is CCN1c2cc(Cl)c(/C=C(\C#N)C(=O)Nc3ccc(C)cc3)cc2C(C)=CC1(C)C. The second-order valence-corrected chi connectivity index (χ2v) is 8.51. The summed E-state index contributed by atoms with van der Waals surface area (Å²) < 4.78 is 0. The average molecular weight is 420 g/mol. The van der Waals surface area contributed by atoms with Crippen LogP contribution in [0.25, 0.3) is 11.6 Å². The van der Waals surface area contributed by atoms with Crippen LogP contribution in [0, 0.1) is 18.3 Å². The molecule has 0 fully saturated rings. The zero-order chi connectivity index (χ0) is 22.1. The van der Waals surface area contributed by atoms with Crippen LogP contribution in [0.1, 0.15) is 44.4 Å². The Bertz CT molecular complexity index is 1090. The van der Waals surface area contributed by atoms with Gasteiger partial charge in [-0.2, -0.15) is 5.26 Å². The van der Waals surface area contributed by atoms with E-state index in [0.29, 0.717) is 16.3 Å². The van der Waals surface area contributed by atoms with Crippen molar-refractivity contribution in [1.82, 2.24) is 0 Å². The quantitative estimate of drug-likeness (QED) is 0.473. The molecule has 3 rings (SSSR count). The van der Waals surface area contributed by atoms with Crippen LogP contribution in [-0.4, -0.2) is 18.0 Å². The van der Waals surface area contributed by atoms with Crippen LogP contribution in [-0.2, 0) is 4.79 Å². The van der Waals surface area contributed by atoms with Gasteiger partial charge in [0.25, 0.3) is 5.91 Å². The van der Waals surface area contributed by atoms with E-state index in [1.54, 1.807) is 6.08 Å². The molecule has 154 valence electrons. The lowest BCUT2D eigenvalue weighted by atomic mass is 9.88. The lowest BCUT2D eigenvalue weighted by Gasteiger charge is -2.43. The molecule has 0 aliphatic carbocycles. The van der Waals surface area contributed by atoms with Crippen molar-refractivity contribution >= 4 is 40.5 Å². The van der Waals surface area contributed by atoms with Crippen LogP contribution < -0.4 is 10.2 Å². The molecular weight excluding hydrogens is 394 g/mol. The van der Waals surface area contributed by atoms with Gasteiger partial charge in [0.1, 0.15) is 11.6 Å². The number of hydrogen-bond acceptors (Lipinski definition) is 3. The Balaban J connectivity index is 1.98. The Morgan fingerprint density at radius 2 is 1.90 bits per heavy atom. The second-order valence-electron chi connectivity index (χ2n) is 8.11. The van der Waals surface area contributed by atoms with E-state index in [2.05, 4.69) is 44.0 Å². The number of carbonyl (C=O) groups excluding carboxylic acids is 1. The fourth-order valence-corrected chi connectivity index (χ4v) is 4.15. The van der Waals surface area contributed by atoms with Crippen LogP contribution >= 0.6 is 11.6 Å². The zero-order valence-electron chi connectivity index (χ0n) is 18.0. The Kier molecular flexibility index (Phi) is 6.05. The molecule has 1 aliphatic heterocycles. The molecule has 0 saturated carbocycles. The number of nitrogens with zero attached hydrogens (tertiary/aromatic N) is 2. The summed E-state index contributed by atoms with van der Waals surface area (Å²) in [7, 11) is 0. The Hall–Kier alpha value is -3.03. The van der Waals surface area contributed by atoms with Crippen LogP contribution in [0.3, 0.4) is 0 Å². The number of fused-ring (bicyclic) bond motifs is 1. The number of hydrogen-bond donors (Lipinski definition) is 1. The maximum Gasteiger partial charge on any atom is 0.266 e. The third-order valence-electron chi connectivity index (χ3n) is 5.39. The third-order valence-corrected chi connectivity index (χ3v) is 5.71. The van der Waals surface area contributed by atoms with E-state index in [1.165, 1.54) is 0 Å². The first kappa shape index (κ1) is 21.7. The summed E-state index contributed by atoms with van der Waals surface area (Å²) in [5.74, 6) is -0.460. The van der Waals surface area contributed by atoms with Gasteiger partial charge in [-0.15, -0.1) is 0 Å². The van der Waals surface area contributed by atoms with Gasteiger partial charge >= 0.3 is 0 Å². The van der Waals surface area contributed by atoms with Gasteiger partial charge in [0.15, 0.2) is 0 Å². The van der Waals surface area contributed by atoms with Crippen molar-refractivity contribution in [3.8, 4) is 6.07 Å². The predicted octanol–water partition coefficient (Wildman–Crippen LogP) is 6.22. The molecular formula is C25H26ClN3O. The summed E-state index contributed by atoms with van der Waals surface area (Å²) >= 11 is 6.58. The lowest BCUT2D eigenvalue weighted by molar-refractivity contribution is -0.112. The van der Waals surface area contributed by atoms with E-state index in [0.717, 1.165) is 28.9 Å². The first-order chi connectivity index (χ1) is 14.2. The first-order valence-corrected chi connectivity index (χ1v) is 10.3. The third kappa shape index (κ3) is 4.27. The second kappa shape index (κ2) is 8.38. The summed E-state index contributed by atoms with van der Waals surface area (Å²) in [5.41, 5.74) is 5.54. The van der Waals surface area contributed by atoms with Crippen molar-refractivity contribution in [2.45, 2.75) is 40.2 Å².